The van der Waals surface area contributed by atoms with E-state index in [1.54, 1.807) is 0 Å². The molecule has 0 aromatic heterocycles. The van der Waals surface area contributed by atoms with Gasteiger partial charge in [-0.05, 0) is 43.9 Å². The molecule has 1 N–H and O–H groups in total. The van der Waals surface area contributed by atoms with E-state index < -0.39 is 6.67 Å². The summed E-state index contributed by atoms with van der Waals surface area (Å²) in [6, 6.07) is 7.71. The molecule has 0 heterocycles. The summed E-state index contributed by atoms with van der Waals surface area (Å²) < 4.78 is 17.0. The van der Waals surface area contributed by atoms with Crippen molar-refractivity contribution >= 4 is 5.71 Å². The predicted octanol–water partition coefficient (Wildman–Crippen LogP) is 3.40. The minimum Gasteiger partial charge on any atom is -0.491 e. The van der Waals surface area contributed by atoms with Crippen LogP contribution in [0.5, 0.6) is 5.75 Å². The number of ether oxygens (including phenoxy) is 1. The molecule has 1 rings (SSSR count). The van der Waals surface area contributed by atoms with E-state index in [0.29, 0.717) is 5.75 Å². The summed E-state index contributed by atoms with van der Waals surface area (Å²) in [7, 11) is 0. The monoisotopic (exact) mass is 223 g/mol. The van der Waals surface area contributed by atoms with Crippen LogP contribution < -0.4 is 4.74 Å². The van der Waals surface area contributed by atoms with Gasteiger partial charge in [0.15, 0.2) is 0 Å². The number of rotatable bonds is 7. The molecule has 0 saturated carbocycles. The second kappa shape index (κ2) is 6.99. The first-order chi connectivity index (χ1) is 7.72. The fraction of sp³-hybridized carbons (Fsp3) is 0.462. The molecule has 0 aliphatic carbocycles. The number of aryl methyl sites for hydroxylation is 1. The Morgan fingerprint density at radius 3 is 2.56 bits per heavy atom. The van der Waals surface area contributed by atoms with E-state index in [1.807, 2.05) is 31.2 Å². The van der Waals surface area contributed by atoms with Crippen molar-refractivity contribution in [3.8, 4) is 5.75 Å². The molecule has 88 valence electrons. The van der Waals surface area contributed by atoms with Gasteiger partial charge in [-0.15, -0.1) is 0 Å². The lowest BCUT2D eigenvalue weighted by molar-refractivity contribution is 0.273. The quantitative estimate of drug-likeness (QED) is 0.706. The van der Waals surface area contributed by atoms with E-state index in [2.05, 4.69) is 0 Å². The highest BCUT2D eigenvalue weighted by Crippen LogP contribution is 2.13. The Bertz CT molecular complexity index is 321. The van der Waals surface area contributed by atoms with Gasteiger partial charge in [0, 0.05) is 5.71 Å². The standard InChI is InChI=1S/C13H18FNO/c1-11(15)3-2-4-12-5-7-13(8-6-12)16-10-9-14/h5-8,15H,2-4,9-10H2,1H3. The molecule has 0 aliphatic heterocycles. The molecule has 0 amide bonds. The van der Waals surface area contributed by atoms with E-state index in [0.717, 1.165) is 25.0 Å². The zero-order valence-corrected chi connectivity index (χ0v) is 9.63. The van der Waals surface area contributed by atoms with Crippen molar-refractivity contribution in [3.05, 3.63) is 29.8 Å². The van der Waals surface area contributed by atoms with Gasteiger partial charge in [-0.25, -0.2) is 4.39 Å². The lowest BCUT2D eigenvalue weighted by Crippen LogP contribution is -1.98. The Kier molecular flexibility index (Phi) is 5.54. The van der Waals surface area contributed by atoms with Crippen molar-refractivity contribution in [1.29, 1.82) is 5.41 Å². The van der Waals surface area contributed by atoms with Gasteiger partial charge in [0.05, 0.1) is 0 Å². The largest absolute Gasteiger partial charge is 0.491 e. The Balaban J connectivity index is 2.36. The zero-order chi connectivity index (χ0) is 11.8. The fourth-order valence-electron chi connectivity index (χ4n) is 1.47. The van der Waals surface area contributed by atoms with Gasteiger partial charge < -0.3 is 10.1 Å². The molecule has 0 radical (unpaired) electrons. The van der Waals surface area contributed by atoms with Crippen LogP contribution in [-0.4, -0.2) is 19.0 Å². The Hall–Kier alpha value is -1.38. The third-order valence-corrected chi connectivity index (χ3v) is 2.29. The molecular weight excluding hydrogens is 205 g/mol. The fourth-order valence-corrected chi connectivity index (χ4v) is 1.47. The highest BCUT2D eigenvalue weighted by Gasteiger charge is 1.96. The predicted molar refractivity (Wildman–Crippen MR) is 64.3 cm³/mol. The summed E-state index contributed by atoms with van der Waals surface area (Å²) in [5, 5.41) is 7.31. The minimum absolute atomic E-state index is 0.117. The Morgan fingerprint density at radius 2 is 2.00 bits per heavy atom. The van der Waals surface area contributed by atoms with Crippen molar-refractivity contribution in [3.63, 3.8) is 0 Å². The molecule has 0 atom stereocenters. The smallest absolute Gasteiger partial charge is 0.123 e. The van der Waals surface area contributed by atoms with Crippen molar-refractivity contribution in [2.24, 2.45) is 0 Å². The number of benzene rings is 1. The minimum atomic E-state index is -0.458. The van der Waals surface area contributed by atoms with E-state index >= 15 is 0 Å². The average Bonchev–Trinajstić information content (AvgIpc) is 2.27. The summed E-state index contributed by atoms with van der Waals surface area (Å²) in [5.41, 5.74) is 1.96. The molecule has 1 aromatic rings. The maximum atomic E-state index is 11.9. The number of alkyl halides is 1. The maximum Gasteiger partial charge on any atom is 0.123 e. The van der Waals surface area contributed by atoms with E-state index in [-0.39, 0.29) is 6.61 Å². The van der Waals surface area contributed by atoms with Gasteiger partial charge >= 0.3 is 0 Å². The maximum absolute atomic E-state index is 11.9. The third kappa shape index (κ3) is 4.91. The molecule has 2 nitrogen and oxygen atoms in total. The summed E-state index contributed by atoms with van der Waals surface area (Å²) in [5.74, 6) is 0.713. The van der Waals surface area contributed by atoms with Crippen molar-refractivity contribution in [1.82, 2.24) is 0 Å². The number of hydrogen-bond donors (Lipinski definition) is 1. The first kappa shape index (κ1) is 12.7. The summed E-state index contributed by atoms with van der Waals surface area (Å²) >= 11 is 0. The summed E-state index contributed by atoms with van der Waals surface area (Å²) in [6.45, 7) is 1.49. The van der Waals surface area contributed by atoms with Crippen LogP contribution in [0.4, 0.5) is 4.39 Å². The van der Waals surface area contributed by atoms with Crippen LogP contribution >= 0.6 is 0 Å². The lowest BCUT2D eigenvalue weighted by Gasteiger charge is -2.05. The summed E-state index contributed by atoms with van der Waals surface area (Å²) in [4.78, 5) is 0. The van der Waals surface area contributed by atoms with Gasteiger partial charge in [-0.1, -0.05) is 12.1 Å². The van der Waals surface area contributed by atoms with Gasteiger partial charge in [0.2, 0.25) is 0 Å². The molecule has 0 saturated heterocycles. The molecular formula is C13H18FNO. The average molecular weight is 223 g/mol. The Morgan fingerprint density at radius 1 is 1.31 bits per heavy atom. The lowest BCUT2D eigenvalue weighted by atomic mass is 10.1. The van der Waals surface area contributed by atoms with E-state index in [9.17, 15) is 4.39 Å². The van der Waals surface area contributed by atoms with Crippen molar-refractivity contribution in [2.75, 3.05) is 13.3 Å². The van der Waals surface area contributed by atoms with Crippen LogP contribution in [0.1, 0.15) is 25.3 Å². The second-order valence-corrected chi connectivity index (χ2v) is 3.82. The van der Waals surface area contributed by atoms with Gasteiger partial charge in [0.1, 0.15) is 19.0 Å². The topological polar surface area (TPSA) is 33.1 Å². The second-order valence-electron chi connectivity index (χ2n) is 3.82. The first-order valence-electron chi connectivity index (χ1n) is 5.54. The molecule has 3 heteroatoms. The molecule has 0 bridgehead atoms. The number of hydrogen-bond acceptors (Lipinski definition) is 2. The van der Waals surface area contributed by atoms with Gasteiger partial charge in [-0.3, -0.25) is 0 Å². The molecule has 0 aliphatic rings. The molecule has 1 aromatic carbocycles. The normalized spacial score (nSPS) is 10.1. The van der Waals surface area contributed by atoms with Crippen LogP contribution in [0.3, 0.4) is 0 Å². The van der Waals surface area contributed by atoms with E-state index in [1.165, 1.54) is 5.56 Å². The highest BCUT2D eigenvalue weighted by atomic mass is 19.1. The van der Waals surface area contributed by atoms with Crippen LogP contribution in [0.2, 0.25) is 0 Å². The molecule has 0 fully saturated rings. The highest BCUT2D eigenvalue weighted by molar-refractivity contribution is 5.78. The number of halogens is 1. The SMILES string of the molecule is CC(=N)CCCc1ccc(OCCF)cc1. The van der Waals surface area contributed by atoms with Crippen LogP contribution in [0.15, 0.2) is 24.3 Å². The molecule has 16 heavy (non-hydrogen) atoms. The first-order valence-corrected chi connectivity index (χ1v) is 5.54. The summed E-state index contributed by atoms with van der Waals surface area (Å²) in [6.07, 6.45) is 2.82. The van der Waals surface area contributed by atoms with Crippen molar-refractivity contribution < 1.29 is 9.13 Å². The number of nitrogens with one attached hydrogen (secondary N) is 1. The van der Waals surface area contributed by atoms with Crippen LogP contribution in [0, 0.1) is 5.41 Å². The Labute approximate surface area is 96.0 Å². The van der Waals surface area contributed by atoms with Crippen LogP contribution in [0.25, 0.3) is 0 Å². The van der Waals surface area contributed by atoms with Gasteiger partial charge in [0.25, 0.3) is 0 Å². The molecule has 0 unspecified atom stereocenters. The third-order valence-electron chi connectivity index (χ3n) is 2.29. The molecule has 0 spiro atoms. The van der Waals surface area contributed by atoms with Crippen LogP contribution in [-0.2, 0) is 6.42 Å². The zero-order valence-electron chi connectivity index (χ0n) is 9.63. The van der Waals surface area contributed by atoms with E-state index in [4.69, 9.17) is 10.1 Å². The van der Waals surface area contributed by atoms with Gasteiger partial charge in [-0.2, -0.15) is 0 Å². The van der Waals surface area contributed by atoms with Crippen molar-refractivity contribution in [2.45, 2.75) is 26.2 Å².